The van der Waals surface area contributed by atoms with Gasteiger partial charge in [-0.15, -0.1) is 0 Å². The third-order valence-electron chi connectivity index (χ3n) is 2.00. The Morgan fingerprint density at radius 3 is 1.47 bits per heavy atom. The van der Waals surface area contributed by atoms with Gasteiger partial charge in [0.25, 0.3) is 0 Å². The summed E-state index contributed by atoms with van der Waals surface area (Å²) in [5.41, 5.74) is 0. The molecule has 0 saturated heterocycles. The minimum Gasteiger partial charge on any atom is -0.389 e. The van der Waals surface area contributed by atoms with Crippen LogP contribution in [0.15, 0.2) is 0 Å². The van der Waals surface area contributed by atoms with Gasteiger partial charge < -0.3 is 25.0 Å². The van der Waals surface area contributed by atoms with E-state index in [9.17, 15) is 10.2 Å². The zero-order valence-corrected chi connectivity index (χ0v) is 11.3. The third-order valence-corrected chi connectivity index (χ3v) is 2.00. The van der Waals surface area contributed by atoms with Crippen LogP contribution < -0.4 is 5.32 Å². The summed E-state index contributed by atoms with van der Waals surface area (Å²) in [6, 6.07) is 0. The van der Waals surface area contributed by atoms with E-state index in [0.717, 1.165) is 0 Å². The Morgan fingerprint density at radius 2 is 1.18 bits per heavy atom. The first-order chi connectivity index (χ1) is 7.91. The van der Waals surface area contributed by atoms with Crippen LogP contribution in [0.4, 0.5) is 0 Å². The second kappa shape index (κ2) is 9.79. The van der Waals surface area contributed by atoms with Crippen molar-refractivity contribution in [3.05, 3.63) is 0 Å². The highest BCUT2D eigenvalue weighted by atomic mass is 16.5. The average molecular weight is 249 g/mol. The molecule has 17 heavy (non-hydrogen) atoms. The third kappa shape index (κ3) is 12.1. The van der Waals surface area contributed by atoms with Crippen LogP contribution in [-0.2, 0) is 9.47 Å². The Labute approximate surface area is 104 Å². The van der Waals surface area contributed by atoms with E-state index in [1.165, 1.54) is 0 Å². The molecule has 0 unspecified atom stereocenters. The van der Waals surface area contributed by atoms with Gasteiger partial charge in [0, 0.05) is 13.1 Å². The number of aliphatic hydroxyl groups excluding tert-OH is 2. The van der Waals surface area contributed by atoms with Gasteiger partial charge in [-0.2, -0.15) is 0 Å². The van der Waals surface area contributed by atoms with Crippen molar-refractivity contribution in [2.45, 2.75) is 52.1 Å². The highest BCUT2D eigenvalue weighted by molar-refractivity contribution is 4.63. The van der Waals surface area contributed by atoms with Crippen LogP contribution >= 0.6 is 0 Å². The monoisotopic (exact) mass is 249 g/mol. The Balaban J connectivity index is 3.42. The summed E-state index contributed by atoms with van der Waals surface area (Å²) in [4.78, 5) is 0. The lowest BCUT2D eigenvalue weighted by Crippen LogP contribution is -2.37. The molecule has 0 fully saturated rings. The minimum absolute atomic E-state index is 0.120. The van der Waals surface area contributed by atoms with E-state index in [0.29, 0.717) is 26.3 Å². The van der Waals surface area contributed by atoms with Crippen molar-refractivity contribution in [3.63, 3.8) is 0 Å². The summed E-state index contributed by atoms with van der Waals surface area (Å²) in [6.45, 7) is 9.13. The van der Waals surface area contributed by atoms with E-state index in [2.05, 4.69) is 5.32 Å². The summed E-state index contributed by atoms with van der Waals surface area (Å²) in [5, 5.41) is 22.0. The summed E-state index contributed by atoms with van der Waals surface area (Å²) < 4.78 is 10.5. The lowest BCUT2D eigenvalue weighted by Gasteiger charge is -2.17. The lowest BCUT2D eigenvalue weighted by atomic mass is 10.3. The number of rotatable bonds is 10. The van der Waals surface area contributed by atoms with Gasteiger partial charge in [-0.05, 0) is 27.7 Å². The predicted octanol–water partition coefficient (Wildman–Crippen LogP) is 0.148. The molecule has 0 heterocycles. The standard InChI is InChI=1S/C12H27NO4/c1-9(2)16-7-11(14)5-13-6-12(15)8-17-10(3)4/h9-15H,5-8H2,1-4H3/t11-,12-/m0/s1. The normalized spacial score (nSPS) is 15.5. The molecule has 0 amide bonds. The van der Waals surface area contributed by atoms with Crippen LogP contribution in [0.2, 0.25) is 0 Å². The molecule has 0 aliphatic rings. The molecule has 2 atom stereocenters. The van der Waals surface area contributed by atoms with Crippen molar-refractivity contribution in [3.8, 4) is 0 Å². The topological polar surface area (TPSA) is 71.0 Å². The van der Waals surface area contributed by atoms with Crippen molar-refractivity contribution in [1.82, 2.24) is 5.32 Å². The van der Waals surface area contributed by atoms with E-state index in [1.807, 2.05) is 27.7 Å². The van der Waals surface area contributed by atoms with Crippen LogP contribution in [0.5, 0.6) is 0 Å². The van der Waals surface area contributed by atoms with Crippen molar-refractivity contribution < 1.29 is 19.7 Å². The number of aliphatic hydroxyl groups is 2. The summed E-state index contributed by atoms with van der Waals surface area (Å²) in [6.07, 6.45) is -0.851. The van der Waals surface area contributed by atoms with Gasteiger partial charge in [-0.1, -0.05) is 0 Å². The molecular weight excluding hydrogens is 222 g/mol. The number of ether oxygens (including phenoxy) is 2. The number of hydrogen-bond acceptors (Lipinski definition) is 5. The molecule has 0 aromatic carbocycles. The fourth-order valence-corrected chi connectivity index (χ4v) is 1.14. The SMILES string of the molecule is CC(C)OC[C@@H](O)CNC[C@H](O)COC(C)C. The Bertz CT molecular complexity index is 158. The quantitative estimate of drug-likeness (QED) is 0.514. The summed E-state index contributed by atoms with van der Waals surface area (Å²) in [5.74, 6) is 0. The molecule has 0 bridgehead atoms. The van der Waals surface area contributed by atoms with Gasteiger partial charge in [0.05, 0.1) is 37.6 Å². The Hall–Kier alpha value is -0.200. The van der Waals surface area contributed by atoms with Gasteiger partial charge in [0.15, 0.2) is 0 Å². The molecule has 5 nitrogen and oxygen atoms in total. The molecular formula is C12H27NO4. The maximum absolute atomic E-state index is 9.53. The highest BCUT2D eigenvalue weighted by Crippen LogP contribution is 1.93. The van der Waals surface area contributed by atoms with Gasteiger partial charge >= 0.3 is 0 Å². The minimum atomic E-state index is -0.546. The van der Waals surface area contributed by atoms with Crippen LogP contribution in [0.25, 0.3) is 0 Å². The number of hydrogen-bond donors (Lipinski definition) is 3. The second-order valence-electron chi connectivity index (χ2n) is 4.73. The van der Waals surface area contributed by atoms with Crippen molar-refractivity contribution >= 4 is 0 Å². The first-order valence-corrected chi connectivity index (χ1v) is 6.21. The van der Waals surface area contributed by atoms with Crippen molar-refractivity contribution in [1.29, 1.82) is 0 Å². The molecule has 5 heteroatoms. The average Bonchev–Trinajstić information content (AvgIpc) is 2.23. The van der Waals surface area contributed by atoms with E-state index in [4.69, 9.17) is 9.47 Å². The maximum atomic E-state index is 9.53. The smallest absolute Gasteiger partial charge is 0.0897 e. The van der Waals surface area contributed by atoms with Gasteiger partial charge in [0.2, 0.25) is 0 Å². The van der Waals surface area contributed by atoms with Gasteiger partial charge in [-0.3, -0.25) is 0 Å². The molecule has 3 N–H and O–H groups in total. The van der Waals surface area contributed by atoms with Crippen LogP contribution in [0, 0.1) is 0 Å². The van der Waals surface area contributed by atoms with Crippen LogP contribution in [-0.4, -0.2) is 60.9 Å². The maximum Gasteiger partial charge on any atom is 0.0897 e. The second-order valence-corrected chi connectivity index (χ2v) is 4.73. The van der Waals surface area contributed by atoms with Crippen molar-refractivity contribution in [2.75, 3.05) is 26.3 Å². The Morgan fingerprint density at radius 1 is 0.824 bits per heavy atom. The van der Waals surface area contributed by atoms with Crippen LogP contribution in [0.3, 0.4) is 0 Å². The molecule has 0 saturated carbocycles. The molecule has 0 aliphatic heterocycles. The molecule has 0 aromatic rings. The molecule has 0 aliphatic carbocycles. The fourth-order valence-electron chi connectivity index (χ4n) is 1.14. The summed E-state index contributed by atoms with van der Waals surface area (Å²) >= 11 is 0. The highest BCUT2D eigenvalue weighted by Gasteiger charge is 2.08. The molecule has 104 valence electrons. The lowest BCUT2D eigenvalue weighted by molar-refractivity contribution is -0.00401. The van der Waals surface area contributed by atoms with Gasteiger partial charge in [0.1, 0.15) is 0 Å². The largest absolute Gasteiger partial charge is 0.389 e. The molecule has 0 radical (unpaired) electrons. The first-order valence-electron chi connectivity index (χ1n) is 6.21. The fraction of sp³-hybridized carbons (Fsp3) is 1.00. The first kappa shape index (κ1) is 16.8. The van der Waals surface area contributed by atoms with Crippen LogP contribution in [0.1, 0.15) is 27.7 Å². The number of nitrogens with one attached hydrogen (secondary N) is 1. The molecule has 0 rings (SSSR count). The van der Waals surface area contributed by atoms with E-state index in [1.54, 1.807) is 0 Å². The molecule has 0 spiro atoms. The van der Waals surface area contributed by atoms with E-state index < -0.39 is 12.2 Å². The van der Waals surface area contributed by atoms with Gasteiger partial charge in [-0.25, -0.2) is 0 Å². The zero-order chi connectivity index (χ0) is 13.3. The van der Waals surface area contributed by atoms with E-state index >= 15 is 0 Å². The molecule has 0 aromatic heterocycles. The zero-order valence-electron chi connectivity index (χ0n) is 11.3. The van der Waals surface area contributed by atoms with E-state index in [-0.39, 0.29) is 12.2 Å². The van der Waals surface area contributed by atoms with Crippen molar-refractivity contribution in [2.24, 2.45) is 0 Å². The Kier molecular flexibility index (Phi) is 9.68. The summed E-state index contributed by atoms with van der Waals surface area (Å²) in [7, 11) is 0. The predicted molar refractivity (Wildman–Crippen MR) is 67.1 cm³/mol.